The number of sulfonamides is 1. The van der Waals surface area contributed by atoms with E-state index < -0.39 is 10.0 Å². The molecule has 2 heterocycles. The van der Waals surface area contributed by atoms with Crippen molar-refractivity contribution in [1.29, 1.82) is 0 Å². The number of benzene rings is 2. The molecular weight excluding hydrogens is 440 g/mol. The fourth-order valence-electron chi connectivity index (χ4n) is 4.34. The standard InChI is InChI=1S/C21H23BrN2O3S/c1-14-6-3-4-7-17(14)19-8-5-10-24(19)28(26,27)21-13-20-16(12-18(21)22)9-11-23(20)15(2)25/h3-4,6-7,12-13,19H,5,8-11H2,1-2H3/t19-/m1/s1. The number of nitrogens with zero attached hydrogens (tertiary/aromatic N) is 2. The van der Waals surface area contributed by atoms with Crippen LogP contribution < -0.4 is 4.90 Å². The third-order valence-electron chi connectivity index (χ3n) is 5.75. The summed E-state index contributed by atoms with van der Waals surface area (Å²) in [5.41, 5.74) is 3.87. The molecule has 0 saturated carbocycles. The largest absolute Gasteiger partial charge is 0.312 e. The van der Waals surface area contributed by atoms with Crippen molar-refractivity contribution in [2.24, 2.45) is 0 Å². The predicted octanol–water partition coefficient (Wildman–Crippen LogP) is 4.19. The van der Waals surface area contributed by atoms with Gasteiger partial charge in [0.25, 0.3) is 0 Å². The zero-order valence-electron chi connectivity index (χ0n) is 16.0. The molecule has 1 fully saturated rings. The summed E-state index contributed by atoms with van der Waals surface area (Å²) in [6.07, 6.45) is 2.38. The van der Waals surface area contributed by atoms with Gasteiger partial charge in [-0.05, 0) is 70.9 Å². The molecule has 0 aliphatic carbocycles. The number of amides is 1. The van der Waals surface area contributed by atoms with E-state index in [0.29, 0.717) is 23.2 Å². The molecule has 1 atom stereocenters. The molecule has 0 bridgehead atoms. The monoisotopic (exact) mass is 462 g/mol. The van der Waals surface area contributed by atoms with Crippen molar-refractivity contribution in [3.8, 4) is 0 Å². The molecule has 0 aromatic heterocycles. The lowest BCUT2D eigenvalue weighted by molar-refractivity contribution is -0.116. The SMILES string of the molecule is CC(=O)N1CCc2cc(Br)c(S(=O)(=O)N3CCC[C@@H]3c3ccccc3C)cc21. The van der Waals surface area contributed by atoms with Gasteiger partial charge in [0, 0.05) is 30.2 Å². The molecule has 2 aromatic carbocycles. The highest BCUT2D eigenvalue weighted by Crippen LogP contribution is 2.42. The first-order valence-electron chi connectivity index (χ1n) is 9.48. The van der Waals surface area contributed by atoms with E-state index in [1.807, 2.05) is 37.3 Å². The van der Waals surface area contributed by atoms with Crippen LogP contribution in [0.15, 0.2) is 45.8 Å². The summed E-state index contributed by atoms with van der Waals surface area (Å²) in [7, 11) is -3.71. The molecule has 28 heavy (non-hydrogen) atoms. The van der Waals surface area contributed by atoms with E-state index in [9.17, 15) is 13.2 Å². The Bertz CT molecular complexity index is 1050. The molecule has 1 saturated heterocycles. The van der Waals surface area contributed by atoms with Crippen molar-refractivity contribution < 1.29 is 13.2 Å². The lowest BCUT2D eigenvalue weighted by atomic mass is 10.0. The zero-order chi connectivity index (χ0) is 20.1. The average Bonchev–Trinajstić information content (AvgIpc) is 3.28. The molecule has 2 aliphatic rings. The van der Waals surface area contributed by atoms with Gasteiger partial charge in [-0.3, -0.25) is 4.79 Å². The summed E-state index contributed by atoms with van der Waals surface area (Å²) in [5.74, 6) is -0.0663. The molecule has 2 aromatic rings. The first kappa shape index (κ1) is 19.6. The van der Waals surface area contributed by atoms with Crippen LogP contribution >= 0.6 is 15.9 Å². The molecule has 0 radical (unpaired) electrons. The molecule has 7 heteroatoms. The lowest BCUT2D eigenvalue weighted by Gasteiger charge is -2.26. The summed E-state index contributed by atoms with van der Waals surface area (Å²) < 4.78 is 29.4. The van der Waals surface area contributed by atoms with Crippen molar-refractivity contribution in [1.82, 2.24) is 4.31 Å². The van der Waals surface area contributed by atoms with Gasteiger partial charge in [0.2, 0.25) is 15.9 Å². The Balaban J connectivity index is 1.78. The van der Waals surface area contributed by atoms with Gasteiger partial charge in [0.15, 0.2) is 0 Å². The van der Waals surface area contributed by atoms with Gasteiger partial charge in [-0.15, -0.1) is 0 Å². The third kappa shape index (κ3) is 3.19. The van der Waals surface area contributed by atoms with Crippen LogP contribution in [-0.4, -0.2) is 31.7 Å². The van der Waals surface area contributed by atoms with Gasteiger partial charge in [-0.25, -0.2) is 8.42 Å². The van der Waals surface area contributed by atoms with Crippen LogP contribution in [0.3, 0.4) is 0 Å². The number of anilines is 1. The van der Waals surface area contributed by atoms with Gasteiger partial charge < -0.3 is 4.90 Å². The van der Waals surface area contributed by atoms with Crippen LogP contribution in [0.4, 0.5) is 5.69 Å². The van der Waals surface area contributed by atoms with Crippen molar-refractivity contribution >= 4 is 37.5 Å². The Labute approximate surface area is 174 Å². The highest BCUT2D eigenvalue weighted by Gasteiger charge is 2.38. The molecule has 0 N–H and O–H groups in total. The Kier molecular flexibility index (Phi) is 5.10. The molecule has 4 rings (SSSR count). The van der Waals surface area contributed by atoms with Crippen LogP contribution in [-0.2, 0) is 21.2 Å². The molecular formula is C21H23BrN2O3S. The van der Waals surface area contributed by atoms with Crippen LogP contribution in [0.25, 0.3) is 0 Å². The minimum Gasteiger partial charge on any atom is -0.312 e. The van der Waals surface area contributed by atoms with Gasteiger partial charge in [0.1, 0.15) is 0 Å². The Morgan fingerprint density at radius 2 is 1.93 bits per heavy atom. The Morgan fingerprint density at radius 3 is 2.64 bits per heavy atom. The molecule has 0 unspecified atom stereocenters. The van der Waals surface area contributed by atoms with Crippen molar-refractivity contribution in [2.45, 2.75) is 44.0 Å². The minimum absolute atomic E-state index is 0.0663. The highest BCUT2D eigenvalue weighted by molar-refractivity contribution is 9.10. The van der Waals surface area contributed by atoms with E-state index in [0.717, 1.165) is 36.0 Å². The number of hydrogen-bond donors (Lipinski definition) is 0. The topological polar surface area (TPSA) is 57.7 Å². The molecule has 1 amide bonds. The molecule has 5 nitrogen and oxygen atoms in total. The van der Waals surface area contributed by atoms with Crippen LogP contribution in [0.2, 0.25) is 0 Å². The number of carbonyl (C=O) groups is 1. The molecule has 0 spiro atoms. The van der Waals surface area contributed by atoms with Gasteiger partial charge in [-0.2, -0.15) is 4.31 Å². The zero-order valence-corrected chi connectivity index (χ0v) is 18.4. The average molecular weight is 463 g/mol. The summed E-state index contributed by atoms with van der Waals surface area (Å²) in [4.78, 5) is 13.8. The molecule has 148 valence electrons. The van der Waals surface area contributed by atoms with Gasteiger partial charge in [-0.1, -0.05) is 24.3 Å². The number of aryl methyl sites for hydroxylation is 1. The summed E-state index contributed by atoms with van der Waals surface area (Å²) in [6.45, 7) is 4.63. The second-order valence-electron chi connectivity index (χ2n) is 7.46. The maximum Gasteiger partial charge on any atom is 0.244 e. The maximum atomic E-state index is 13.6. The summed E-state index contributed by atoms with van der Waals surface area (Å²) in [5, 5.41) is 0. The Hall–Kier alpha value is -1.70. The lowest BCUT2D eigenvalue weighted by Crippen LogP contribution is -2.31. The van der Waals surface area contributed by atoms with Crippen molar-refractivity contribution in [2.75, 3.05) is 18.0 Å². The predicted molar refractivity (Wildman–Crippen MR) is 113 cm³/mol. The van der Waals surface area contributed by atoms with Gasteiger partial charge in [0.05, 0.1) is 10.9 Å². The first-order chi connectivity index (χ1) is 13.3. The Morgan fingerprint density at radius 1 is 1.18 bits per heavy atom. The fraction of sp³-hybridized carbons (Fsp3) is 0.381. The summed E-state index contributed by atoms with van der Waals surface area (Å²) >= 11 is 3.47. The van der Waals surface area contributed by atoms with E-state index in [1.165, 1.54) is 6.92 Å². The van der Waals surface area contributed by atoms with E-state index in [-0.39, 0.29) is 16.8 Å². The number of fused-ring (bicyclic) bond motifs is 1. The quantitative estimate of drug-likeness (QED) is 0.686. The highest BCUT2D eigenvalue weighted by atomic mass is 79.9. The van der Waals surface area contributed by atoms with E-state index in [1.54, 1.807) is 15.3 Å². The van der Waals surface area contributed by atoms with Crippen molar-refractivity contribution in [3.63, 3.8) is 0 Å². The number of halogens is 1. The second kappa shape index (κ2) is 7.28. The minimum atomic E-state index is -3.71. The van der Waals surface area contributed by atoms with Crippen LogP contribution in [0.5, 0.6) is 0 Å². The molecule has 2 aliphatic heterocycles. The van der Waals surface area contributed by atoms with E-state index >= 15 is 0 Å². The van der Waals surface area contributed by atoms with Crippen molar-refractivity contribution in [3.05, 3.63) is 57.6 Å². The van der Waals surface area contributed by atoms with Crippen LogP contribution in [0, 0.1) is 6.92 Å². The number of hydrogen-bond acceptors (Lipinski definition) is 3. The number of carbonyl (C=O) groups excluding carboxylic acids is 1. The maximum absolute atomic E-state index is 13.6. The summed E-state index contributed by atoms with van der Waals surface area (Å²) in [6, 6.07) is 11.3. The number of rotatable bonds is 3. The smallest absolute Gasteiger partial charge is 0.244 e. The van der Waals surface area contributed by atoms with Gasteiger partial charge >= 0.3 is 0 Å². The van der Waals surface area contributed by atoms with Crippen LogP contribution in [0.1, 0.15) is 42.5 Å². The first-order valence-corrected chi connectivity index (χ1v) is 11.7. The fourth-order valence-corrected chi connectivity index (χ4v) is 7.08. The van der Waals surface area contributed by atoms with E-state index in [2.05, 4.69) is 15.9 Å². The normalized spacial score (nSPS) is 19.8. The third-order valence-corrected chi connectivity index (χ3v) is 8.61. The second-order valence-corrected chi connectivity index (χ2v) is 10.2. The van der Waals surface area contributed by atoms with E-state index in [4.69, 9.17) is 0 Å².